The number of ether oxygens (including phenoxy) is 1. The number of amides is 2. The fourth-order valence-electron chi connectivity index (χ4n) is 5.09. The molecule has 4 aromatic rings. The second-order valence-electron chi connectivity index (χ2n) is 10.0. The maximum absolute atomic E-state index is 14.4. The zero-order chi connectivity index (χ0) is 28.1. The molecule has 7 nitrogen and oxygen atoms in total. The van der Waals surface area contributed by atoms with E-state index in [2.05, 4.69) is 5.16 Å². The first-order valence-corrected chi connectivity index (χ1v) is 13.8. The van der Waals surface area contributed by atoms with Gasteiger partial charge in [0.05, 0.1) is 16.6 Å². The molecule has 0 saturated heterocycles. The first kappa shape index (κ1) is 27.5. The maximum atomic E-state index is 14.4. The Morgan fingerprint density at radius 2 is 1.62 bits per heavy atom. The quantitative estimate of drug-likeness (QED) is 0.294. The molecule has 0 spiro atoms. The molecule has 206 valence electrons. The number of para-hydroxylation sites is 1. The van der Waals surface area contributed by atoms with Gasteiger partial charge < -0.3 is 19.1 Å². The van der Waals surface area contributed by atoms with Crippen LogP contribution in [-0.4, -0.2) is 59.6 Å². The first-order valence-electron chi connectivity index (χ1n) is 13.5. The molecule has 0 radical (unpaired) electrons. The average Bonchev–Trinajstić information content (AvgIpc) is 3.36. The highest BCUT2D eigenvalue weighted by atomic mass is 35.5. The number of hydrogen-bond acceptors (Lipinski definition) is 5. The van der Waals surface area contributed by atoms with Crippen LogP contribution in [0.15, 0.2) is 83.4 Å². The van der Waals surface area contributed by atoms with Gasteiger partial charge in [-0.3, -0.25) is 9.59 Å². The van der Waals surface area contributed by atoms with E-state index in [-0.39, 0.29) is 24.5 Å². The minimum absolute atomic E-state index is 0.0757. The van der Waals surface area contributed by atoms with Crippen LogP contribution in [0.1, 0.15) is 44.9 Å². The molecule has 1 aliphatic heterocycles. The Morgan fingerprint density at radius 3 is 2.40 bits per heavy atom. The van der Waals surface area contributed by atoms with Gasteiger partial charge in [0, 0.05) is 25.7 Å². The highest BCUT2D eigenvalue weighted by Gasteiger charge is 2.32. The van der Waals surface area contributed by atoms with Crippen LogP contribution in [-0.2, 0) is 6.42 Å². The minimum atomic E-state index is -0.316. The summed E-state index contributed by atoms with van der Waals surface area (Å²) in [5, 5.41) is 4.73. The van der Waals surface area contributed by atoms with Crippen molar-refractivity contribution in [2.24, 2.45) is 0 Å². The van der Waals surface area contributed by atoms with Crippen molar-refractivity contribution < 1.29 is 18.8 Å². The number of halogens is 1. The standard InChI is InChI=1S/C32H32ClN3O4/c1-22-29(30(34-40-22)25-14-6-8-16-27(25)33)32(38)36-19-11-10-18-35(2)31(37)26-15-7-9-17-28(26)39-21-24(36)20-23-12-4-3-5-13-23/h3-9,12-17,24H,10-11,18-21H2,1-2H3/t24-/m0/s1. The van der Waals surface area contributed by atoms with Gasteiger partial charge in [0.15, 0.2) is 0 Å². The number of carbonyl (C=O) groups is 2. The van der Waals surface area contributed by atoms with E-state index in [1.807, 2.05) is 65.6 Å². The van der Waals surface area contributed by atoms with Crippen LogP contribution in [0.4, 0.5) is 0 Å². The minimum Gasteiger partial charge on any atom is -0.491 e. The molecule has 2 amide bonds. The highest BCUT2D eigenvalue weighted by molar-refractivity contribution is 6.33. The van der Waals surface area contributed by atoms with Crippen molar-refractivity contribution in [3.63, 3.8) is 0 Å². The number of benzene rings is 3. The van der Waals surface area contributed by atoms with E-state index in [1.54, 1.807) is 37.1 Å². The molecule has 2 heterocycles. The number of nitrogens with zero attached hydrogens (tertiary/aromatic N) is 3. The third-order valence-corrected chi connectivity index (χ3v) is 7.59. The lowest BCUT2D eigenvalue weighted by molar-refractivity contribution is 0.0589. The monoisotopic (exact) mass is 557 g/mol. The van der Waals surface area contributed by atoms with Crippen LogP contribution in [0.2, 0.25) is 5.02 Å². The van der Waals surface area contributed by atoms with Crippen molar-refractivity contribution in [2.75, 3.05) is 26.7 Å². The van der Waals surface area contributed by atoms with Crippen molar-refractivity contribution in [3.05, 3.63) is 106 Å². The zero-order valence-corrected chi connectivity index (χ0v) is 23.4. The van der Waals surface area contributed by atoms with Gasteiger partial charge in [0.25, 0.3) is 11.8 Å². The van der Waals surface area contributed by atoms with Gasteiger partial charge in [-0.2, -0.15) is 0 Å². The number of aryl methyl sites for hydroxylation is 1. The van der Waals surface area contributed by atoms with Crippen molar-refractivity contribution in [1.82, 2.24) is 15.0 Å². The third-order valence-electron chi connectivity index (χ3n) is 7.26. The van der Waals surface area contributed by atoms with Crippen LogP contribution < -0.4 is 4.74 Å². The highest BCUT2D eigenvalue weighted by Crippen LogP contribution is 2.33. The molecule has 0 unspecified atom stereocenters. The van der Waals surface area contributed by atoms with Crippen molar-refractivity contribution in [3.8, 4) is 17.0 Å². The summed E-state index contributed by atoms with van der Waals surface area (Å²) in [4.78, 5) is 31.2. The number of fused-ring (bicyclic) bond motifs is 1. The Morgan fingerprint density at radius 1 is 0.950 bits per heavy atom. The summed E-state index contributed by atoms with van der Waals surface area (Å²) in [5.41, 5.74) is 3.06. The fraction of sp³-hybridized carbons (Fsp3) is 0.281. The summed E-state index contributed by atoms with van der Waals surface area (Å²) in [6.07, 6.45) is 2.03. The van der Waals surface area contributed by atoms with E-state index in [1.165, 1.54) is 0 Å². The van der Waals surface area contributed by atoms with Crippen molar-refractivity contribution in [1.29, 1.82) is 0 Å². The summed E-state index contributed by atoms with van der Waals surface area (Å²) in [6.45, 7) is 3.00. The normalized spacial score (nSPS) is 16.5. The topological polar surface area (TPSA) is 75.9 Å². The molecule has 5 rings (SSSR count). The van der Waals surface area contributed by atoms with Gasteiger partial charge in [0.1, 0.15) is 29.4 Å². The lowest BCUT2D eigenvalue weighted by Crippen LogP contribution is -2.46. The largest absolute Gasteiger partial charge is 0.491 e. The molecular weight excluding hydrogens is 526 g/mol. The molecule has 1 atom stereocenters. The second-order valence-corrected chi connectivity index (χ2v) is 10.4. The predicted octanol–water partition coefficient (Wildman–Crippen LogP) is 6.30. The average molecular weight is 558 g/mol. The molecule has 40 heavy (non-hydrogen) atoms. The number of aromatic nitrogens is 1. The molecule has 0 N–H and O–H groups in total. The van der Waals surface area contributed by atoms with E-state index in [0.29, 0.717) is 64.8 Å². The van der Waals surface area contributed by atoms with Gasteiger partial charge >= 0.3 is 0 Å². The Balaban J connectivity index is 1.55. The third kappa shape index (κ3) is 5.89. The van der Waals surface area contributed by atoms with Crippen LogP contribution in [0, 0.1) is 6.92 Å². The Kier molecular flexibility index (Phi) is 8.51. The number of rotatable bonds is 4. The van der Waals surface area contributed by atoms with Crippen LogP contribution in [0.5, 0.6) is 5.75 Å². The van der Waals surface area contributed by atoms with Gasteiger partial charge in [-0.1, -0.05) is 77.4 Å². The summed E-state index contributed by atoms with van der Waals surface area (Å²) in [7, 11) is 1.79. The molecule has 1 aromatic heterocycles. The second kappa shape index (κ2) is 12.4. The number of carbonyl (C=O) groups excluding carboxylic acids is 2. The van der Waals surface area contributed by atoms with Gasteiger partial charge in [-0.05, 0) is 49.9 Å². The molecule has 0 fully saturated rings. The van der Waals surface area contributed by atoms with E-state index in [4.69, 9.17) is 20.9 Å². The molecule has 8 heteroatoms. The van der Waals surface area contributed by atoms with E-state index in [0.717, 1.165) is 12.0 Å². The Hall–Kier alpha value is -4.10. The molecular formula is C32H32ClN3O4. The van der Waals surface area contributed by atoms with Crippen LogP contribution in [0.3, 0.4) is 0 Å². The summed E-state index contributed by atoms with van der Waals surface area (Å²) >= 11 is 6.50. The smallest absolute Gasteiger partial charge is 0.260 e. The molecule has 1 aliphatic rings. The van der Waals surface area contributed by atoms with Crippen LogP contribution in [0.25, 0.3) is 11.3 Å². The summed E-state index contributed by atoms with van der Waals surface area (Å²) in [5.74, 6) is 0.672. The summed E-state index contributed by atoms with van der Waals surface area (Å²) in [6, 6.07) is 24.3. The molecule has 0 saturated carbocycles. The maximum Gasteiger partial charge on any atom is 0.260 e. The Bertz CT molecular complexity index is 1490. The first-order chi connectivity index (χ1) is 19.4. The predicted molar refractivity (Wildman–Crippen MR) is 155 cm³/mol. The van der Waals surface area contributed by atoms with E-state index < -0.39 is 0 Å². The molecule has 3 aromatic carbocycles. The molecule has 0 bridgehead atoms. The van der Waals surface area contributed by atoms with Crippen molar-refractivity contribution >= 4 is 23.4 Å². The SMILES string of the molecule is Cc1onc(-c2ccccc2Cl)c1C(=O)N1CCCCN(C)C(=O)c2ccccc2OC[C@@H]1Cc1ccccc1. The van der Waals surface area contributed by atoms with Crippen LogP contribution >= 0.6 is 11.6 Å². The van der Waals surface area contributed by atoms with Gasteiger partial charge in [-0.25, -0.2) is 0 Å². The number of hydrogen-bond donors (Lipinski definition) is 0. The van der Waals surface area contributed by atoms with Gasteiger partial charge in [0.2, 0.25) is 0 Å². The zero-order valence-electron chi connectivity index (χ0n) is 22.7. The fourth-order valence-corrected chi connectivity index (χ4v) is 5.32. The summed E-state index contributed by atoms with van der Waals surface area (Å²) < 4.78 is 11.9. The lowest BCUT2D eigenvalue weighted by atomic mass is 10.0. The lowest BCUT2D eigenvalue weighted by Gasteiger charge is -2.33. The van der Waals surface area contributed by atoms with Gasteiger partial charge in [-0.15, -0.1) is 0 Å². The van der Waals surface area contributed by atoms with E-state index >= 15 is 0 Å². The van der Waals surface area contributed by atoms with E-state index in [9.17, 15) is 9.59 Å². The molecule has 0 aliphatic carbocycles. The van der Waals surface area contributed by atoms with Crippen molar-refractivity contribution in [2.45, 2.75) is 32.2 Å². The Labute approximate surface area is 239 Å².